The molecule has 0 spiro atoms. The number of anilines is 1. The molecule has 0 atom stereocenters. The van der Waals surface area contributed by atoms with Crippen LogP contribution in [0.15, 0.2) is 18.2 Å². The van der Waals surface area contributed by atoms with Crippen molar-refractivity contribution in [3.63, 3.8) is 0 Å². The van der Waals surface area contributed by atoms with Gasteiger partial charge in [-0.15, -0.1) is 0 Å². The first kappa shape index (κ1) is 11.1. The molecule has 0 saturated heterocycles. The van der Waals surface area contributed by atoms with Crippen LogP contribution in [0.5, 0.6) is 0 Å². The van der Waals surface area contributed by atoms with E-state index in [4.69, 9.17) is 0 Å². The summed E-state index contributed by atoms with van der Waals surface area (Å²) in [7, 11) is 0. The Morgan fingerprint density at radius 3 is 2.69 bits per heavy atom. The first-order valence-electron chi connectivity index (χ1n) is 5.36. The summed E-state index contributed by atoms with van der Waals surface area (Å²) in [6.07, 6.45) is 0. The molecule has 0 radical (unpaired) electrons. The molecule has 1 N–H and O–H groups in total. The number of nitrogens with one attached hydrogen (secondary N) is 1. The molecule has 3 nitrogen and oxygen atoms in total. The molecule has 0 fully saturated rings. The predicted octanol–water partition coefficient (Wildman–Crippen LogP) is 3.25. The molecule has 0 amide bonds. The van der Waals surface area contributed by atoms with Crippen LogP contribution in [0, 0.1) is 13.8 Å². The van der Waals surface area contributed by atoms with Crippen molar-refractivity contribution in [2.45, 2.75) is 20.8 Å². The lowest BCUT2D eigenvalue weighted by atomic mass is 10.0. The minimum Gasteiger partial charge on any atom is -0.368 e. The van der Waals surface area contributed by atoms with Crippen molar-refractivity contribution in [2.75, 3.05) is 11.9 Å². The largest absolute Gasteiger partial charge is 0.368 e. The summed E-state index contributed by atoms with van der Waals surface area (Å²) >= 11 is 1.25. The van der Waals surface area contributed by atoms with Gasteiger partial charge in [0.1, 0.15) is 5.69 Å². The van der Waals surface area contributed by atoms with Gasteiger partial charge in [0, 0.05) is 12.1 Å². The van der Waals surface area contributed by atoms with Gasteiger partial charge < -0.3 is 5.32 Å². The maximum absolute atomic E-state index is 4.34. The van der Waals surface area contributed by atoms with E-state index >= 15 is 0 Å². The Balaban J connectivity index is 2.42. The number of hydrogen-bond donors (Lipinski definition) is 1. The molecule has 2 rings (SSSR count). The number of hydrogen-bond acceptors (Lipinski definition) is 4. The average Bonchev–Trinajstić information content (AvgIpc) is 2.71. The highest BCUT2D eigenvalue weighted by Gasteiger charge is 2.09. The van der Waals surface area contributed by atoms with Crippen molar-refractivity contribution in [3.8, 4) is 11.3 Å². The Morgan fingerprint density at radius 1 is 1.19 bits per heavy atom. The van der Waals surface area contributed by atoms with Crippen molar-refractivity contribution in [1.29, 1.82) is 0 Å². The van der Waals surface area contributed by atoms with E-state index in [1.165, 1.54) is 22.9 Å². The molecule has 1 heterocycles. The van der Waals surface area contributed by atoms with Gasteiger partial charge in [0.05, 0.1) is 11.7 Å². The molecule has 16 heavy (non-hydrogen) atoms. The standard InChI is InChI=1S/C12H15N3S/c1-4-13-12-11(14-16-15-12)10-6-5-8(2)9(3)7-10/h5-7H,4H2,1-3H3,(H,13,15). The van der Waals surface area contributed by atoms with Crippen molar-refractivity contribution in [2.24, 2.45) is 0 Å². The van der Waals surface area contributed by atoms with Crippen molar-refractivity contribution in [3.05, 3.63) is 29.3 Å². The average molecular weight is 233 g/mol. The molecule has 2 aromatic rings. The first-order valence-corrected chi connectivity index (χ1v) is 6.09. The zero-order chi connectivity index (χ0) is 11.5. The molecule has 1 aromatic carbocycles. The van der Waals surface area contributed by atoms with Crippen LogP contribution in [0.2, 0.25) is 0 Å². The molecule has 1 aromatic heterocycles. The van der Waals surface area contributed by atoms with E-state index < -0.39 is 0 Å². The van der Waals surface area contributed by atoms with Gasteiger partial charge in [0.25, 0.3) is 0 Å². The quantitative estimate of drug-likeness (QED) is 0.884. The van der Waals surface area contributed by atoms with Gasteiger partial charge in [0.15, 0.2) is 5.82 Å². The van der Waals surface area contributed by atoms with Crippen LogP contribution in [0.1, 0.15) is 18.1 Å². The van der Waals surface area contributed by atoms with Crippen LogP contribution in [-0.4, -0.2) is 15.3 Å². The zero-order valence-corrected chi connectivity index (χ0v) is 10.6. The van der Waals surface area contributed by atoms with Crippen LogP contribution in [0.25, 0.3) is 11.3 Å². The molecule has 0 aliphatic rings. The van der Waals surface area contributed by atoms with E-state index in [1.54, 1.807) is 0 Å². The summed E-state index contributed by atoms with van der Waals surface area (Å²) in [6.45, 7) is 7.15. The van der Waals surface area contributed by atoms with Crippen molar-refractivity contribution >= 4 is 17.5 Å². The fraction of sp³-hybridized carbons (Fsp3) is 0.333. The summed E-state index contributed by atoms with van der Waals surface area (Å²) < 4.78 is 8.60. The molecule has 0 aliphatic carbocycles. The summed E-state index contributed by atoms with van der Waals surface area (Å²) in [5.41, 5.74) is 4.67. The summed E-state index contributed by atoms with van der Waals surface area (Å²) in [5.74, 6) is 0.885. The Kier molecular flexibility index (Phi) is 3.19. The van der Waals surface area contributed by atoms with E-state index in [1.807, 2.05) is 0 Å². The minimum absolute atomic E-state index is 0.864. The fourth-order valence-electron chi connectivity index (χ4n) is 1.55. The second kappa shape index (κ2) is 4.61. The molecule has 84 valence electrons. The lowest BCUT2D eigenvalue weighted by molar-refractivity contribution is 1.19. The fourth-order valence-corrected chi connectivity index (χ4v) is 2.10. The molecular formula is C12H15N3S. The van der Waals surface area contributed by atoms with E-state index in [-0.39, 0.29) is 0 Å². The van der Waals surface area contributed by atoms with Crippen LogP contribution in [-0.2, 0) is 0 Å². The van der Waals surface area contributed by atoms with Crippen molar-refractivity contribution < 1.29 is 0 Å². The van der Waals surface area contributed by atoms with Gasteiger partial charge in [-0.05, 0) is 38.0 Å². The van der Waals surface area contributed by atoms with Crippen molar-refractivity contribution in [1.82, 2.24) is 8.75 Å². The van der Waals surface area contributed by atoms with Crippen LogP contribution >= 0.6 is 11.7 Å². The molecule has 4 heteroatoms. The van der Waals surface area contributed by atoms with Gasteiger partial charge in [-0.25, -0.2) is 0 Å². The minimum atomic E-state index is 0.864. The van der Waals surface area contributed by atoms with Crippen LogP contribution < -0.4 is 5.32 Å². The second-order valence-electron chi connectivity index (χ2n) is 3.79. The van der Waals surface area contributed by atoms with Gasteiger partial charge >= 0.3 is 0 Å². The van der Waals surface area contributed by atoms with E-state index in [0.29, 0.717) is 0 Å². The summed E-state index contributed by atoms with van der Waals surface area (Å²) in [4.78, 5) is 0. The maximum Gasteiger partial charge on any atom is 0.168 e. The van der Waals surface area contributed by atoms with E-state index in [2.05, 4.69) is 53.0 Å². The summed E-state index contributed by atoms with van der Waals surface area (Å²) in [6, 6.07) is 6.38. The third-order valence-electron chi connectivity index (χ3n) is 2.61. The topological polar surface area (TPSA) is 37.8 Å². The SMILES string of the molecule is CCNc1nsnc1-c1ccc(C)c(C)c1. The zero-order valence-electron chi connectivity index (χ0n) is 9.74. The highest BCUT2D eigenvalue weighted by atomic mass is 32.1. The lowest BCUT2D eigenvalue weighted by Gasteiger charge is -2.05. The monoisotopic (exact) mass is 233 g/mol. The third kappa shape index (κ3) is 2.07. The van der Waals surface area contributed by atoms with Gasteiger partial charge in [-0.3, -0.25) is 0 Å². The number of aromatic nitrogens is 2. The molecule has 0 unspecified atom stereocenters. The van der Waals surface area contributed by atoms with Crippen LogP contribution in [0.3, 0.4) is 0 Å². The Morgan fingerprint density at radius 2 is 2.00 bits per heavy atom. The van der Waals surface area contributed by atoms with Gasteiger partial charge in [0.2, 0.25) is 0 Å². The normalized spacial score (nSPS) is 10.4. The highest BCUT2D eigenvalue weighted by Crippen LogP contribution is 2.27. The van der Waals surface area contributed by atoms with E-state index in [0.717, 1.165) is 23.6 Å². The molecule has 0 bridgehead atoms. The third-order valence-corrected chi connectivity index (χ3v) is 3.14. The smallest absolute Gasteiger partial charge is 0.168 e. The molecule has 0 saturated carbocycles. The summed E-state index contributed by atoms with van der Waals surface area (Å²) in [5, 5.41) is 3.23. The Labute approximate surface area is 99.9 Å². The predicted molar refractivity (Wildman–Crippen MR) is 69.0 cm³/mol. The number of aryl methyl sites for hydroxylation is 2. The van der Waals surface area contributed by atoms with Gasteiger partial charge in [-0.2, -0.15) is 8.75 Å². The number of nitrogens with zero attached hydrogens (tertiary/aromatic N) is 2. The second-order valence-corrected chi connectivity index (χ2v) is 4.32. The lowest BCUT2D eigenvalue weighted by Crippen LogP contribution is -1.98. The first-order chi connectivity index (χ1) is 7.72. The van der Waals surface area contributed by atoms with Crippen LogP contribution in [0.4, 0.5) is 5.82 Å². The number of benzene rings is 1. The Bertz CT molecular complexity index is 491. The number of rotatable bonds is 3. The molecule has 0 aliphatic heterocycles. The highest BCUT2D eigenvalue weighted by molar-refractivity contribution is 6.99. The molecular weight excluding hydrogens is 218 g/mol. The van der Waals surface area contributed by atoms with E-state index in [9.17, 15) is 0 Å². The van der Waals surface area contributed by atoms with Gasteiger partial charge in [-0.1, -0.05) is 12.1 Å². The Hall–Kier alpha value is -1.42. The maximum atomic E-state index is 4.34.